The number of nitrogens with one attached hydrogen (secondary N) is 2. The monoisotopic (exact) mass is 415 g/mol. The Balaban J connectivity index is 1.75. The average molecular weight is 415 g/mol. The summed E-state index contributed by atoms with van der Waals surface area (Å²) in [4.78, 5) is 25.7. The highest BCUT2D eigenvalue weighted by molar-refractivity contribution is 6.07. The number of carbonyl (C=O) groups excluding carboxylic acids is 1. The van der Waals surface area contributed by atoms with Gasteiger partial charge in [-0.05, 0) is 29.3 Å². The summed E-state index contributed by atoms with van der Waals surface area (Å²) in [6.45, 7) is 0. The molecular weight excluding hydrogens is 394 g/mol. The van der Waals surface area contributed by atoms with Crippen LogP contribution in [-0.2, 0) is 10.3 Å². The highest BCUT2D eigenvalue weighted by Crippen LogP contribution is 2.55. The molecule has 2 aliphatic heterocycles. The van der Waals surface area contributed by atoms with Crippen LogP contribution < -0.4 is 15.4 Å². The molecule has 2 heterocycles. The minimum atomic E-state index is -1.26. The van der Waals surface area contributed by atoms with Gasteiger partial charge in [0.15, 0.2) is 0 Å². The van der Waals surface area contributed by atoms with Gasteiger partial charge in [-0.1, -0.05) is 60.7 Å². The Kier molecular flexibility index (Phi) is 4.48. The fourth-order valence-corrected chi connectivity index (χ4v) is 5.04. The normalized spacial score (nSPS) is 26.5. The third-order valence-electron chi connectivity index (χ3n) is 6.37. The summed E-state index contributed by atoms with van der Waals surface area (Å²) >= 11 is 0. The maximum atomic E-state index is 13.5. The third kappa shape index (κ3) is 2.81. The summed E-state index contributed by atoms with van der Waals surface area (Å²) < 4.78 is 5.26. The third-order valence-corrected chi connectivity index (χ3v) is 6.37. The number of amides is 1. The van der Waals surface area contributed by atoms with E-state index in [-0.39, 0.29) is 10.8 Å². The minimum Gasteiger partial charge on any atom is -0.497 e. The van der Waals surface area contributed by atoms with Crippen molar-refractivity contribution in [2.45, 2.75) is 23.5 Å². The molecule has 4 unspecified atom stereocenters. The number of nitrogens with zero attached hydrogens (tertiary/aromatic N) is 1. The lowest BCUT2D eigenvalue weighted by molar-refractivity contribution is -0.527. The topological polar surface area (TPSA) is 93.5 Å². The number of nitro groups is 1. The van der Waals surface area contributed by atoms with Crippen molar-refractivity contribution in [3.63, 3.8) is 0 Å². The first kappa shape index (κ1) is 19.3. The fraction of sp³-hybridized carbons (Fsp3) is 0.208. The van der Waals surface area contributed by atoms with Crippen molar-refractivity contribution < 1.29 is 14.5 Å². The van der Waals surface area contributed by atoms with Crippen molar-refractivity contribution in [2.24, 2.45) is 0 Å². The zero-order chi connectivity index (χ0) is 21.6. The van der Waals surface area contributed by atoms with Crippen LogP contribution in [0.25, 0.3) is 0 Å². The summed E-state index contributed by atoms with van der Waals surface area (Å²) in [6, 6.07) is 22.1. The molecule has 1 saturated heterocycles. The molecule has 7 heteroatoms. The number of para-hydroxylation sites is 1. The summed E-state index contributed by atoms with van der Waals surface area (Å²) in [5.74, 6) is -0.348. The molecule has 2 N–H and O–H groups in total. The predicted molar refractivity (Wildman–Crippen MR) is 116 cm³/mol. The SMILES string of the molecule is COc1ccc(C2C([N+](=O)[O-])C(c3ccccc3)NC23C(=O)Nc2ccccc23)cc1. The molecule has 0 aliphatic carbocycles. The molecule has 1 spiro atoms. The summed E-state index contributed by atoms with van der Waals surface area (Å²) in [5, 5.41) is 18.8. The number of anilines is 1. The van der Waals surface area contributed by atoms with Gasteiger partial charge in [0.2, 0.25) is 11.9 Å². The second-order valence-electron chi connectivity index (χ2n) is 7.87. The van der Waals surface area contributed by atoms with Gasteiger partial charge in [-0.25, -0.2) is 0 Å². The Labute approximate surface area is 179 Å². The van der Waals surface area contributed by atoms with Crippen LogP contribution >= 0.6 is 0 Å². The van der Waals surface area contributed by atoms with Gasteiger partial charge in [-0.2, -0.15) is 0 Å². The second kappa shape index (κ2) is 7.21. The number of hydrogen-bond donors (Lipinski definition) is 2. The molecule has 1 amide bonds. The van der Waals surface area contributed by atoms with Crippen LogP contribution in [0.1, 0.15) is 28.7 Å². The number of rotatable bonds is 4. The number of hydrogen-bond acceptors (Lipinski definition) is 5. The Hall–Kier alpha value is -3.71. The molecule has 31 heavy (non-hydrogen) atoms. The Morgan fingerprint density at radius 3 is 2.29 bits per heavy atom. The zero-order valence-corrected chi connectivity index (χ0v) is 16.8. The first-order chi connectivity index (χ1) is 15.1. The van der Waals surface area contributed by atoms with Crippen molar-refractivity contribution >= 4 is 11.6 Å². The molecule has 7 nitrogen and oxygen atoms in total. The predicted octanol–water partition coefficient (Wildman–Crippen LogP) is 3.62. The van der Waals surface area contributed by atoms with E-state index in [0.717, 1.165) is 11.1 Å². The van der Waals surface area contributed by atoms with Gasteiger partial charge < -0.3 is 10.1 Å². The summed E-state index contributed by atoms with van der Waals surface area (Å²) in [6.07, 6.45) is 0. The van der Waals surface area contributed by atoms with Crippen LogP contribution in [-0.4, -0.2) is 24.0 Å². The molecule has 0 bridgehead atoms. The van der Waals surface area contributed by atoms with E-state index in [0.29, 0.717) is 17.0 Å². The molecular formula is C24H21N3O4. The van der Waals surface area contributed by atoms with Crippen molar-refractivity contribution in [1.82, 2.24) is 5.32 Å². The Bertz CT molecular complexity index is 1150. The maximum absolute atomic E-state index is 13.5. The quantitative estimate of drug-likeness (QED) is 0.502. The number of methoxy groups -OCH3 is 1. The van der Waals surface area contributed by atoms with E-state index in [2.05, 4.69) is 10.6 Å². The second-order valence-corrected chi connectivity index (χ2v) is 7.87. The minimum absolute atomic E-state index is 0.261. The molecule has 0 radical (unpaired) electrons. The van der Waals surface area contributed by atoms with Crippen LogP contribution in [0.5, 0.6) is 5.75 Å². The lowest BCUT2D eigenvalue weighted by atomic mass is 9.74. The van der Waals surface area contributed by atoms with E-state index in [1.165, 1.54) is 0 Å². The number of ether oxygens (including phenoxy) is 1. The van der Waals surface area contributed by atoms with Crippen molar-refractivity contribution in [1.29, 1.82) is 0 Å². The molecule has 2 aliphatic rings. The van der Waals surface area contributed by atoms with Gasteiger partial charge in [0, 0.05) is 16.2 Å². The molecule has 3 aromatic carbocycles. The maximum Gasteiger partial charge on any atom is 0.250 e. The van der Waals surface area contributed by atoms with Crippen LogP contribution in [0.3, 0.4) is 0 Å². The van der Waals surface area contributed by atoms with Crippen LogP contribution in [0.4, 0.5) is 5.69 Å². The molecule has 156 valence electrons. The zero-order valence-electron chi connectivity index (χ0n) is 16.8. The number of carbonyl (C=O) groups is 1. The molecule has 0 saturated carbocycles. The van der Waals surface area contributed by atoms with Crippen LogP contribution in [0.2, 0.25) is 0 Å². The van der Waals surface area contributed by atoms with E-state index in [9.17, 15) is 14.9 Å². The first-order valence-electron chi connectivity index (χ1n) is 10.1. The van der Waals surface area contributed by atoms with E-state index in [1.54, 1.807) is 19.2 Å². The summed E-state index contributed by atoms with van der Waals surface area (Å²) in [7, 11) is 1.57. The van der Waals surface area contributed by atoms with Gasteiger partial charge in [0.1, 0.15) is 17.3 Å². The van der Waals surface area contributed by atoms with E-state index < -0.39 is 23.5 Å². The van der Waals surface area contributed by atoms with E-state index in [4.69, 9.17) is 4.74 Å². The molecule has 4 atom stereocenters. The highest BCUT2D eigenvalue weighted by Gasteiger charge is 2.66. The lowest BCUT2D eigenvalue weighted by Crippen LogP contribution is -2.48. The Morgan fingerprint density at radius 2 is 1.61 bits per heavy atom. The van der Waals surface area contributed by atoms with Gasteiger partial charge in [0.25, 0.3) is 0 Å². The molecule has 3 aromatic rings. The largest absolute Gasteiger partial charge is 0.497 e. The number of benzene rings is 3. The van der Waals surface area contributed by atoms with E-state index >= 15 is 0 Å². The van der Waals surface area contributed by atoms with Gasteiger partial charge in [-0.15, -0.1) is 0 Å². The van der Waals surface area contributed by atoms with Gasteiger partial charge in [0.05, 0.1) is 13.0 Å². The smallest absolute Gasteiger partial charge is 0.250 e. The summed E-state index contributed by atoms with van der Waals surface area (Å²) in [5.41, 5.74) is 1.63. The molecule has 0 aromatic heterocycles. The highest BCUT2D eigenvalue weighted by atomic mass is 16.6. The van der Waals surface area contributed by atoms with Crippen molar-refractivity contribution in [2.75, 3.05) is 12.4 Å². The fourth-order valence-electron chi connectivity index (χ4n) is 5.04. The van der Waals surface area contributed by atoms with Gasteiger partial charge in [-0.3, -0.25) is 20.2 Å². The van der Waals surface area contributed by atoms with Crippen molar-refractivity contribution in [3.05, 3.63) is 106 Å². The first-order valence-corrected chi connectivity index (χ1v) is 10.1. The van der Waals surface area contributed by atoms with Crippen LogP contribution in [0, 0.1) is 10.1 Å². The van der Waals surface area contributed by atoms with E-state index in [1.807, 2.05) is 66.7 Å². The average Bonchev–Trinajstić information content (AvgIpc) is 3.31. The molecule has 1 fully saturated rings. The number of fused-ring (bicyclic) bond motifs is 2. The van der Waals surface area contributed by atoms with Crippen LogP contribution in [0.15, 0.2) is 78.9 Å². The standard InChI is InChI=1S/C24H21N3O4/c1-31-17-13-11-15(12-14-17)20-22(27(29)30)21(16-7-3-2-4-8-16)26-24(20)18-9-5-6-10-19(18)25-23(24)28/h2-14,20-22,26H,1H3,(H,25,28). The molecule has 5 rings (SSSR count). The van der Waals surface area contributed by atoms with Crippen molar-refractivity contribution in [3.8, 4) is 5.75 Å². The lowest BCUT2D eigenvalue weighted by Gasteiger charge is -2.29. The van der Waals surface area contributed by atoms with Gasteiger partial charge >= 0.3 is 0 Å². The Morgan fingerprint density at radius 1 is 0.935 bits per heavy atom.